The molecule has 3 N–H and O–H groups in total. The molecule has 0 spiro atoms. The summed E-state index contributed by atoms with van der Waals surface area (Å²) >= 11 is 0. The average molecular weight is 213 g/mol. The number of alkyl halides is 3. The van der Waals surface area contributed by atoms with Gasteiger partial charge < -0.3 is 15.6 Å². The fourth-order valence-corrected chi connectivity index (χ4v) is 1.35. The van der Waals surface area contributed by atoms with Gasteiger partial charge in [0.05, 0.1) is 0 Å². The van der Waals surface area contributed by atoms with Crippen molar-refractivity contribution in [2.24, 2.45) is 5.73 Å². The molecule has 14 heavy (non-hydrogen) atoms. The van der Waals surface area contributed by atoms with E-state index in [1.54, 1.807) is 0 Å². The Morgan fingerprint density at radius 2 is 2.14 bits per heavy atom. The first-order valence-corrected chi connectivity index (χ1v) is 4.01. The second kappa shape index (κ2) is 3.39. The third-order valence-electron chi connectivity index (χ3n) is 2.00. The molecule has 1 rings (SSSR count). The molecular weight excluding hydrogens is 203 g/mol. The van der Waals surface area contributed by atoms with Gasteiger partial charge in [-0.05, 0) is 6.42 Å². The molecule has 0 aromatic heterocycles. The highest BCUT2D eigenvalue weighted by molar-refractivity contribution is 5.76. The first-order valence-electron chi connectivity index (χ1n) is 4.01. The Morgan fingerprint density at radius 1 is 1.57 bits per heavy atom. The van der Waals surface area contributed by atoms with Gasteiger partial charge in [0, 0.05) is 18.9 Å². The summed E-state index contributed by atoms with van der Waals surface area (Å²) in [5.41, 5.74) is 5.36. The standard InChI is InChI=1S/C7H10F3NO3/c8-7(9,10)5(12)14-6(13)2-1-4(11)3-6/h4,13H,1-3,11H2. The molecule has 4 nitrogen and oxygen atoms in total. The van der Waals surface area contributed by atoms with Crippen LogP contribution in [0.3, 0.4) is 0 Å². The number of aliphatic hydroxyl groups is 1. The van der Waals surface area contributed by atoms with Gasteiger partial charge in [-0.3, -0.25) is 0 Å². The van der Waals surface area contributed by atoms with Crippen molar-refractivity contribution in [3.63, 3.8) is 0 Å². The van der Waals surface area contributed by atoms with Gasteiger partial charge in [-0.15, -0.1) is 0 Å². The Hall–Kier alpha value is -0.820. The van der Waals surface area contributed by atoms with Crippen LogP contribution in [-0.2, 0) is 9.53 Å². The molecule has 82 valence electrons. The van der Waals surface area contributed by atoms with Gasteiger partial charge in [-0.25, -0.2) is 4.79 Å². The number of nitrogens with two attached hydrogens (primary N) is 1. The Kier molecular flexibility index (Phi) is 2.73. The lowest BCUT2D eigenvalue weighted by Gasteiger charge is -2.23. The van der Waals surface area contributed by atoms with Crippen LogP contribution in [0.25, 0.3) is 0 Å². The Balaban J connectivity index is 2.56. The zero-order valence-corrected chi connectivity index (χ0v) is 7.17. The van der Waals surface area contributed by atoms with Crippen molar-refractivity contribution in [3.05, 3.63) is 0 Å². The van der Waals surface area contributed by atoms with Crippen molar-refractivity contribution in [3.8, 4) is 0 Å². The second-order valence-corrected chi connectivity index (χ2v) is 3.34. The molecule has 0 saturated heterocycles. The van der Waals surface area contributed by atoms with Crippen LogP contribution < -0.4 is 5.73 Å². The SMILES string of the molecule is NC1CCC(O)(OC(=O)C(F)(F)F)C1. The van der Waals surface area contributed by atoms with Crippen LogP contribution in [0.1, 0.15) is 19.3 Å². The summed E-state index contributed by atoms with van der Waals surface area (Å²) in [5.74, 6) is -4.43. The zero-order valence-electron chi connectivity index (χ0n) is 7.17. The minimum Gasteiger partial charge on any atom is -0.427 e. The van der Waals surface area contributed by atoms with Crippen molar-refractivity contribution in [1.82, 2.24) is 0 Å². The Labute approximate surface area is 77.8 Å². The van der Waals surface area contributed by atoms with Crippen LogP contribution in [0.2, 0.25) is 0 Å². The van der Waals surface area contributed by atoms with Gasteiger partial charge in [0.1, 0.15) is 0 Å². The van der Waals surface area contributed by atoms with E-state index in [0.29, 0.717) is 6.42 Å². The minimum absolute atomic E-state index is 0.0595. The lowest BCUT2D eigenvalue weighted by Crippen LogP contribution is -2.39. The normalized spacial score (nSPS) is 33.1. The quantitative estimate of drug-likeness (QED) is 0.485. The van der Waals surface area contributed by atoms with Gasteiger partial charge in [-0.1, -0.05) is 0 Å². The summed E-state index contributed by atoms with van der Waals surface area (Å²) in [5, 5.41) is 9.37. The summed E-state index contributed by atoms with van der Waals surface area (Å²) in [6.45, 7) is 0. The van der Waals surface area contributed by atoms with Crippen molar-refractivity contribution in [2.45, 2.75) is 37.3 Å². The summed E-state index contributed by atoms with van der Waals surface area (Å²) in [6, 6.07) is -0.430. The lowest BCUT2D eigenvalue weighted by atomic mass is 10.2. The van der Waals surface area contributed by atoms with E-state index < -0.39 is 24.0 Å². The molecule has 0 aliphatic heterocycles. The molecule has 2 atom stereocenters. The number of rotatable bonds is 1. The van der Waals surface area contributed by atoms with Gasteiger partial charge in [0.2, 0.25) is 5.79 Å². The number of carbonyl (C=O) groups excluding carboxylic acids is 1. The van der Waals surface area contributed by atoms with E-state index in [2.05, 4.69) is 4.74 Å². The van der Waals surface area contributed by atoms with Crippen LogP contribution in [0.4, 0.5) is 13.2 Å². The molecule has 0 aromatic carbocycles. The van der Waals surface area contributed by atoms with Gasteiger partial charge in [-0.2, -0.15) is 13.2 Å². The second-order valence-electron chi connectivity index (χ2n) is 3.34. The van der Waals surface area contributed by atoms with Gasteiger partial charge in [0.15, 0.2) is 0 Å². The fraction of sp³-hybridized carbons (Fsp3) is 0.857. The van der Waals surface area contributed by atoms with E-state index in [1.807, 2.05) is 0 Å². The minimum atomic E-state index is -5.08. The van der Waals surface area contributed by atoms with Gasteiger partial charge >= 0.3 is 12.1 Å². The first kappa shape index (κ1) is 11.3. The largest absolute Gasteiger partial charge is 0.491 e. The van der Waals surface area contributed by atoms with E-state index in [4.69, 9.17) is 5.73 Å². The maximum atomic E-state index is 11.8. The fourth-order valence-electron chi connectivity index (χ4n) is 1.35. The summed E-state index contributed by atoms with van der Waals surface area (Å²) in [7, 11) is 0. The lowest BCUT2D eigenvalue weighted by molar-refractivity contribution is -0.246. The number of hydrogen-bond donors (Lipinski definition) is 2. The summed E-state index contributed by atoms with van der Waals surface area (Å²) in [6.07, 6.45) is -4.96. The summed E-state index contributed by atoms with van der Waals surface area (Å²) in [4.78, 5) is 10.4. The van der Waals surface area contributed by atoms with E-state index in [0.717, 1.165) is 0 Å². The molecule has 1 fully saturated rings. The molecule has 2 unspecified atom stereocenters. The predicted molar refractivity (Wildman–Crippen MR) is 38.9 cm³/mol. The van der Waals surface area contributed by atoms with Crippen molar-refractivity contribution in [1.29, 1.82) is 0 Å². The van der Waals surface area contributed by atoms with Crippen LogP contribution in [0.5, 0.6) is 0 Å². The number of carbonyl (C=O) groups is 1. The predicted octanol–water partition coefficient (Wildman–Crippen LogP) is 0.292. The molecule has 1 aliphatic rings. The third-order valence-corrected chi connectivity index (χ3v) is 2.00. The molecular formula is C7H10F3NO3. The highest BCUT2D eigenvalue weighted by Gasteiger charge is 2.48. The highest BCUT2D eigenvalue weighted by Crippen LogP contribution is 2.32. The monoisotopic (exact) mass is 213 g/mol. The van der Waals surface area contributed by atoms with Crippen LogP contribution in [0, 0.1) is 0 Å². The maximum absolute atomic E-state index is 11.8. The molecule has 0 heterocycles. The number of esters is 1. The van der Waals surface area contributed by atoms with Crippen molar-refractivity contribution in [2.75, 3.05) is 0 Å². The number of ether oxygens (including phenoxy) is 1. The first-order chi connectivity index (χ1) is 6.23. The molecule has 0 aromatic rings. The van der Waals surface area contributed by atoms with E-state index in [-0.39, 0.29) is 12.8 Å². The van der Waals surface area contributed by atoms with Crippen molar-refractivity contribution < 1.29 is 27.8 Å². The summed E-state index contributed by atoms with van der Waals surface area (Å²) < 4.78 is 39.2. The van der Waals surface area contributed by atoms with E-state index in [1.165, 1.54) is 0 Å². The Bertz CT molecular complexity index is 243. The molecule has 7 heteroatoms. The maximum Gasteiger partial charge on any atom is 0.491 e. The topological polar surface area (TPSA) is 72.6 Å². The Morgan fingerprint density at radius 3 is 2.50 bits per heavy atom. The highest BCUT2D eigenvalue weighted by atomic mass is 19.4. The molecule has 0 amide bonds. The van der Waals surface area contributed by atoms with Crippen molar-refractivity contribution >= 4 is 5.97 Å². The van der Waals surface area contributed by atoms with E-state index in [9.17, 15) is 23.1 Å². The average Bonchev–Trinajstić information content (AvgIpc) is 2.28. The molecule has 1 saturated carbocycles. The van der Waals surface area contributed by atoms with E-state index >= 15 is 0 Å². The smallest absolute Gasteiger partial charge is 0.427 e. The van der Waals surface area contributed by atoms with Crippen LogP contribution in [-0.4, -0.2) is 29.1 Å². The zero-order chi connectivity index (χ0) is 11.0. The number of halogens is 3. The van der Waals surface area contributed by atoms with Crippen LogP contribution >= 0.6 is 0 Å². The molecule has 1 aliphatic carbocycles. The molecule has 0 radical (unpaired) electrons. The van der Waals surface area contributed by atoms with Crippen LogP contribution in [0.15, 0.2) is 0 Å². The third kappa shape index (κ3) is 2.58. The number of hydrogen-bond acceptors (Lipinski definition) is 4. The molecule has 0 bridgehead atoms. The van der Waals surface area contributed by atoms with Gasteiger partial charge in [0.25, 0.3) is 0 Å².